The van der Waals surface area contributed by atoms with E-state index in [-0.39, 0.29) is 31.2 Å². The van der Waals surface area contributed by atoms with Crippen LogP contribution in [0.5, 0.6) is 5.75 Å². The number of rotatable bonds is 6. The molecule has 142 valence electrons. The Morgan fingerprint density at radius 3 is 2.74 bits per heavy atom. The first-order valence-corrected chi connectivity index (χ1v) is 8.50. The van der Waals surface area contributed by atoms with Gasteiger partial charge in [-0.15, -0.1) is 0 Å². The second-order valence-corrected chi connectivity index (χ2v) is 5.95. The number of esters is 1. The predicted octanol–water partition coefficient (Wildman–Crippen LogP) is 1.36. The summed E-state index contributed by atoms with van der Waals surface area (Å²) in [7, 11) is 1.24. The number of nitrogens with zero attached hydrogens (tertiary/aromatic N) is 1. The molecule has 2 amide bonds. The van der Waals surface area contributed by atoms with Gasteiger partial charge < -0.3 is 24.1 Å². The molecule has 0 radical (unpaired) electrons. The van der Waals surface area contributed by atoms with Crippen LogP contribution in [-0.4, -0.2) is 48.9 Å². The van der Waals surface area contributed by atoms with Crippen LogP contribution in [0.4, 0.5) is 0 Å². The summed E-state index contributed by atoms with van der Waals surface area (Å²) in [5.41, 5.74) is 0. The molecule has 1 aliphatic rings. The van der Waals surface area contributed by atoms with E-state index in [4.69, 9.17) is 9.15 Å². The van der Waals surface area contributed by atoms with Crippen LogP contribution in [0.15, 0.2) is 46.9 Å². The molecule has 1 unspecified atom stereocenters. The van der Waals surface area contributed by atoms with Crippen LogP contribution in [0.1, 0.15) is 22.7 Å². The van der Waals surface area contributed by atoms with E-state index in [0.29, 0.717) is 18.1 Å². The molecule has 1 N–H and O–H groups in total. The van der Waals surface area contributed by atoms with Gasteiger partial charge in [0.05, 0.1) is 13.5 Å². The molecule has 1 fully saturated rings. The van der Waals surface area contributed by atoms with E-state index in [9.17, 15) is 14.4 Å². The Morgan fingerprint density at radius 1 is 1.22 bits per heavy atom. The lowest BCUT2D eigenvalue weighted by Gasteiger charge is -2.33. The molecular formula is C19H20N2O6. The topological polar surface area (TPSA) is 98.1 Å². The number of hydrogen-bond donors (Lipinski definition) is 1. The van der Waals surface area contributed by atoms with Gasteiger partial charge in [0.1, 0.15) is 24.2 Å². The number of para-hydroxylation sites is 1. The lowest BCUT2D eigenvalue weighted by molar-refractivity contribution is -0.145. The summed E-state index contributed by atoms with van der Waals surface area (Å²) < 4.78 is 15.8. The molecule has 1 aromatic carbocycles. The molecule has 2 heterocycles. The molecule has 0 spiro atoms. The molecule has 0 saturated carbocycles. The van der Waals surface area contributed by atoms with Crippen molar-refractivity contribution in [2.24, 2.45) is 0 Å². The van der Waals surface area contributed by atoms with E-state index in [1.807, 2.05) is 30.3 Å². The Labute approximate surface area is 156 Å². The van der Waals surface area contributed by atoms with Crippen LogP contribution in [0.3, 0.4) is 0 Å². The quantitative estimate of drug-likeness (QED) is 0.769. The van der Waals surface area contributed by atoms with Gasteiger partial charge in [0.15, 0.2) is 5.76 Å². The van der Waals surface area contributed by atoms with E-state index < -0.39 is 17.9 Å². The van der Waals surface area contributed by atoms with Crippen molar-refractivity contribution in [2.75, 3.05) is 20.2 Å². The van der Waals surface area contributed by atoms with Gasteiger partial charge in [0, 0.05) is 13.1 Å². The van der Waals surface area contributed by atoms with Crippen molar-refractivity contribution in [3.63, 3.8) is 0 Å². The van der Waals surface area contributed by atoms with Crippen molar-refractivity contribution in [1.29, 1.82) is 0 Å². The zero-order chi connectivity index (χ0) is 19.2. The highest BCUT2D eigenvalue weighted by molar-refractivity contribution is 5.97. The van der Waals surface area contributed by atoms with E-state index in [1.54, 1.807) is 6.07 Å². The summed E-state index contributed by atoms with van der Waals surface area (Å²) in [6.45, 7) is 0.763. The SMILES string of the molecule is COC(=O)CC1C(=O)NCCN1C(=O)c1ccc(COc2ccccc2)o1. The van der Waals surface area contributed by atoms with Crippen LogP contribution in [0, 0.1) is 0 Å². The fraction of sp³-hybridized carbons (Fsp3) is 0.316. The first-order chi connectivity index (χ1) is 13.1. The minimum Gasteiger partial charge on any atom is -0.486 e. The molecule has 1 atom stereocenters. The van der Waals surface area contributed by atoms with Crippen LogP contribution >= 0.6 is 0 Å². The zero-order valence-electron chi connectivity index (χ0n) is 14.8. The monoisotopic (exact) mass is 372 g/mol. The lowest BCUT2D eigenvalue weighted by Crippen LogP contribution is -2.57. The number of nitrogens with one attached hydrogen (secondary N) is 1. The van der Waals surface area contributed by atoms with Gasteiger partial charge >= 0.3 is 5.97 Å². The van der Waals surface area contributed by atoms with E-state index in [1.165, 1.54) is 18.1 Å². The van der Waals surface area contributed by atoms with Crippen molar-refractivity contribution >= 4 is 17.8 Å². The van der Waals surface area contributed by atoms with E-state index in [0.717, 1.165) is 0 Å². The molecule has 1 aliphatic heterocycles. The Kier molecular flexibility index (Phi) is 5.75. The maximum Gasteiger partial charge on any atom is 0.308 e. The molecule has 8 heteroatoms. The molecular weight excluding hydrogens is 352 g/mol. The van der Waals surface area contributed by atoms with Gasteiger partial charge in [-0.25, -0.2) is 0 Å². The van der Waals surface area contributed by atoms with Gasteiger partial charge in [-0.2, -0.15) is 0 Å². The van der Waals surface area contributed by atoms with Crippen molar-refractivity contribution in [2.45, 2.75) is 19.1 Å². The Balaban J connectivity index is 1.68. The molecule has 8 nitrogen and oxygen atoms in total. The summed E-state index contributed by atoms with van der Waals surface area (Å²) in [5, 5.41) is 2.65. The molecule has 3 rings (SSSR count). The number of amides is 2. The zero-order valence-corrected chi connectivity index (χ0v) is 14.8. The number of benzene rings is 1. The largest absolute Gasteiger partial charge is 0.486 e. The summed E-state index contributed by atoms with van der Waals surface area (Å²) in [5.74, 6) is -0.151. The number of hydrogen-bond acceptors (Lipinski definition) is 6. The van der Waals surface area contributed by atoms with Crippen molar-refractivity contribution in [3.05, 3.63) is 54.0 Å². The standard InChI is InChI=1S/C19H20N2O6/c1-25-17(22)11-15-18(23)20-9-10-21(15)19(24)16-8-7-14(27-16)12-26-13-5-3-2-4-6-13/h2-8,15H,9-12H2,1H3,(H,20,23). The second kappa shape index (κ2) is 8.39. The third-order valence-electron chi connectivity index (χ3n) is 4.18. The highest BCUT2D eigenvalue weighted by Crippen LogP contribution is 2.18. The number of piperazine rings is 1. The average Bonchev–Trinajstić information content (AvgIpc) is 3.17. The summed E-state index contributed by atoms with van der Waals surface area (Å²) in [4.78, 5) is 37.8. The summed E-state index contributed by atoms with van der Waals surface area (Å²) >= 11 is 0. The maximum atomic E-state index is 12.8. The smallest absolute Gasteiger partial charge is 0.308 e. The Bertz CT molecular complexity index is 817. The number of ether oxygens (including phenoxy) is 2. The van der Waals surface area contributed by atoms with Crippen LogP contribution in [0.2, 0.25) is 0 Å². The fourth-order valence-electron chi connectivity index (χ4n) is 2.79. The van der Waals surface area contributed by atoms with Crippen molar-refractivity contribution in [1.82, 2.24) is 10.2 Å². The average molecular weight is 372 g/mol. The predicted molar refractivity (Wildman–Crippen MR) is 93.9 cm³/mol. The van der Waals surface area contributed by atoms with Crippen molar-refractivity contribution in [3.8, 4) is 5.75 Å². The molecule has 27 heavy (non-hydrogen) atoms. The summed E-state index contributed by atoms with van der Waals surface area (Å²) in [6.07, 6.45) is -0.210. The third-order valence-corrected chi connectivity index (χ3v) is 4.18. The number of carbonyl (C=O) groups is 3. The second-order valence-electron chi connectivity index (χ2n) is 5.95. The van der Waals surface area contributed by atoms with Crippen LogP contribution < -0.4 is 10.1 Å². The molecule has 2 aromatic rings. The number of carbonyl (C=O) groups excluding carboxylic acids is 3. The van der Waals surface area contributed by atoms with E-state index >= 15 is 0 Å². The van der Waals surface area contributed by atoms with Gasteiger partial charge in [-0.05, 0) is 24.3 Å². The third kappa shape index (κ3) is 4.46. The molecule has 0 aliphatic carbocycles. The van der Waals surface area contributed by atoms with Crippen molar-refractivity contribution < 1.29 is 28.3 Å². The lowest BCUT2D eigenvalue weighted by atomic mass is 10.1. The minimum atomic E-state index is -0.923. The molecule has 0 bridgehead atoms. The maximum absolute atomic E-state index is 12.8. The normalized spacial score (nSPS) is 16.6. The Morgan fingerprint density at radius 2 is 2.00 bits per heavy atom. The highest BCUT2D eigenvalue weighted by atomic mass is 16.5. The van der Waals surface area contributed by atoms with Crippen LogP contribution in [0.25, 0.3) is 0 Å². The molecule has 1 aromatic heterocycles. The number of furan rings is 1. The van der Waals surface area contributed by atoms with Gasteiger partial charge in [-0.3, -0.25) is 14.4 Å². The summed E-state index contributed by atoms with van der Waals surface area (Å²) in [6, 6.07) is 11.5. The highest BCUT2D eigenvalue weighted by Gasteiger charge is 2.36. The Hall–Kier alpha value is -3.29. The van der Waals surface area contributed by atoms with Gasteiger partial charge in [0.25, 0.3) is 5.91 Å². The number of methoxy groups -OCH3 is 1. The first kappa shape index (κ1) is 18.5. The first-order valence-electron chi connectivity index (χ1n) is 8.50. The van der Waals surface area contributed by atoms with Gasteiger partial charge in [-0.1, -0.05) is 18.2 Å². The fourth-order valence-corrected chi connectivity index (χ4v) is 2.79. The van der Waals surface area contributed by atoms with Gasteiger partial charge in [0.2, 0.25) is 5.91 Å². The minimum absolute atomic E-state index is 0.0891. The molecule has 1 saturated heterocycles. The van der Waals surface area contributed by atoms with Crippen LogP contribution in [-0.2, 0) is 20.9 Å². The van der Waals surface area contributed by atoms with E-state index in [2.05, 4.69) is 10.1 Å².